The van der Waals surface area contributed by atoms with Gasteiger partial charge in [-0.1, -0.05) is 41.0 Å². The van der Waals surface area contributed by atoms with Crippen LogP contribution < -0.4 is 10.1 Å². The third-order valence-corrected chi connectivity index (χ3v) is 3.84. The predicted octanol–water partition coefficient (Wildman–Crippen LogP) is 3.97. The number of carbonyl (C=O) groups excluding carboxylic acids is 1. The van der Waals surface area contributed by atoms with Crippen molar-refractivity contribution < 1.29 is 14.1 Å². The van der Waals surface area contributed by atoms with Gasteiger partial charge in [-0.25, -0.2) is 0 Å². The van der Waals surface area contributed by atoms with Crippen molar-refractivity contribution in [1.29, 1.82) is 0 Å². The largest absolute Gasteiger partial charge is 0.497 e. The van der Waals surface area contributed by atoms with E-state index in [1.807, 2.05) is 24.3 Å². The molecule has 6 nitrogen and oxygen atoms in total. The number of aryl methyl sites for hydroxylation is 1. The van der Waals surface area contributed by atoms with Crippen LogP contribution in [0.25, 0.3) is 11.4 Å². The first-order valence-corrected chi connectivity index (χ1v) is 8.05. The zero-order chi connectivity index (χ0) is 17.6. The maximum absolute atomic E-state index is 12.0. The second-order valence-electron chi connectivity index (χ2n) is 5.27. The van der Waals surface area contributed by atoms with Gasteiger partial charge in [0, 0.05) is 18.4 Å². The number of benzene rings is 2. The van der Waals surface area contributed by atoms with E-state index in [-0.39, 0.29) is 12.3 Å². The van der Waals surface area contributed by atoms with E-state index < -0.39 is 0 Å². The van der Waals surface area contributed by atoms with E-state index in [4.69, 9.17) is 20.9 Å². The molecule has 3 rings (SSSR count). The number of hydrogen-bond acceptors (Lipinski definition) is 5. The lowest BCUT2D eigenvalue weighted by Gasteiger charge is -2.05. The molecule has 0 atom stereocenters. The number of halogens is 1. The maximum Gasteiger partial charge on any atom is 0.227 e. The van der Waals surface area contributed by atoms with Gasteiger partial charge in [-0.3, -0.25) is 4.79 Å². The second kappa shape index (κ2) is 7.81. The topological polar surface area (TPSA) is 77.2 Å². The van der Waals surface area contributed by atoms with Gasteiger partial charge in [0.05, 0.1) is 17.8 Å². The fraction of sp³-hybridized carbons (Fsp3) is 0.167. The summed E-state index contributed by atoms with van der Waals surface area (Å²) in [6.45, 7) is 0. The third kappa shape index (κ3) is 4.36. The van der Waals surface area contributed by atoms with Gasteiger partial charge in [-0.15, -0.1) is 0 Å². The minimum atomic E-state index is -0.172. The van der Waals surface area contributed by atoms with Crippen LogP contribution in [0.2, 0.25) is 5.02 Å². The number of hydrogen-bond donors (Lipinski definition) is 1. The highest BCUT2D eigenvalue weighted by Crippen LogP contribution is 2.22. The van der Waals surface area contributed by atoms with Gasteiger partial charge in [-0.05, 0) is 24.3 Å². The highest BCUT2D eigenvalue weighted by Gasteiger charge is 2.12. The van der Waals surface area contributed by atoms with Crippen molar-refractivity contribution in [1.82, 2.24) is 10.1 Å². The number of carbonyl (C=O) groups is 1. The molecular formula is C18H16ClN3O3. The van der Waals surface area contributed by atoms with Gasteiger partial charge in [0.1, 0.15) is 5.75 Å². The molecule has 0 saturated carbocycles. The summed E-state index contributed by atoms with van der Waals surface area (Å²) in [7, 11) is 1.60. The summed E-state index contributed by atoms with van der Waals surface area (Å²) in [5.41, 5.74) is 1.37. The van der Waals surface area contributed by atoms with Crippen LogP contribution in [0.15, 0.2) is 53.1 Å². The molecule has 0 saturated heterocycles. The monoisotopic (exact) mass is 357 g/mol. The number of para-hydroxylation sites is 1. The molecule has 0 unspecified atom stereocenters. The zero-order valence-electron chi connectivity index (χ0n) is 13.5. The van der Waals surface area contributed by atoms with E-state index in [0.717, 1.165) is 5.56 Å². The van der Waals surface area contributed by atoms with Gasteiger partial charge < -0.3 is 14.6 Å². The summed E-state index contributed by atoms with van der Waals surface area (Å²) in [5, 5.41) is 7.19. The predicted molar refractivity (Wildman–Crippen MR) is 94.7 cm³/mol. The van der Waals surface area contributed by atoms with Crippen LogP contribution in [0.5, 0.6) is 5.75 Å². The lowest BCUT2D eigenvalue weighted by molar-refractivity contribution is -0.116. The number of aromatic nitrogens is 2. The first kappa shape index (κ1) is 17.0. The fourth-order valence-corrected chi connectivity index (χ4v) is 2.41. The van der Waals surface area contributed by atoms with Crippen LogP contribution in [0.1, 0.15) is 12.3 Å². The van der Waals surface area contributed by atoms with Crippen molar-refractivity contribution in [2.45, 2.75) is 12.8 Å². The van der Waals surface area contributed by atoms with E-state index in [1.165, 1.54) is 0 Å². The van der Waals surface area contributed by atoms with Crippen LogP contribution >= 0.6 is 11.6 Å². The van der Waals surface area contributed by atoms with Crippen LogP contribution in [-0.2, 0) is 11.2 Å². The number of anilines is 1. The Balaban J connectivity index is 1.60. The molecule has 1 aromatic heterocycles. The molecule has 0 aliphatic heterocycles. The Labute approximate surface area is 149 Å². The Bertz CT molecular complexity index is 879. The highest BCUT2D eigenvalue weighted by atomic mass is 35.5. The molecule has 1 heterocycles. The Morgan fingerprint density at radius 1 is 1.24 bits per heavy atom. The molecule has 7 heteroatoms. The van der Waals surface area contributed by atoms with E-state index >= 15 is 0 Å². The minimum absolute atomic E-state index is 0.172. The lowest BCUT2D eigenvalue weighted by Crippen LogP contribution is -2.12. The van der Waals surface area contributed by atoms with Crippen molar-refractivity contribution in [2.24, 2.45) is 0 Å². The van der Waals surface area contributed by atoms with Crippen molar-refractivity contribution in [3.8, 4) is 17.1 Å². The van der Waals surface area contributed by atoms with Gasteiger partial charge in [0.15, 0.2) is 0 Å². The van der Waals surface area contributed by atoms with Crippen LogP contribution in [0, 0.1) is 0 Å². The lowest BCUT2D eigenvalue weighted by atomic mass is 10.2. The molecule has 0 bridgehead atoms. The molecule has 0 fully saturated rings. The second-order valence-corrected chi connectivity index (χ2v) is 5.68. The van der Waals surface area contributed by atoms with E-state index in [0.29, 0.717) is 34.6 Å². The SMILES string of the molecule is COc1cccc(-c2noc(CCC(=O)Nc3ccccc3Cl)n2)c1. The average molecular weight is 358 g/mol. The van der Waals surface area contributed by atoms with Crippen molar-refractivity contribution in [3.05, 3.63) is 59.4 Å². The summed E-state index contributed by atoms with van der Waals surface area (Å²) in [6, 6.07) is 14.4. The van der Waals surface area contributed by atoms with Crippen LogP contribution in [0.3, 0.4) is 0 Å². The first-order chi connectivity index (χ1) is 12.2. The molecule has 1 N–H and O–H groups in total. The normalized spacial score (nSPS) is 10.5. The zero-order valence-corrected chi connectivity index (χ0v) is 14.3. The van der Waals surface area contributed by atoms with Gasteiger partial charge in [-0.2, -0.15) is 4.98 Å². The molecule has 25 heavy (non-hydrogen) atoms. The van der Waals surface area contributed by atoms with Gasteiger partial charge in [0.25, 0.3) is 0 Å². The Morgan fingerprint density at radius 2 is 2.08 bits per heavy atom. The van der Waals surface area contributed by atoms with Crippen molar-refractivity contribution >= 4 is 23.2 Å². The van der Waals surface area contributed by atoms with E-state index in [2.05, 4.69) is 15.5 Å². The summed E-state index contributed by atoms with van der Waals surface area (Å²) in [6.07, 6.45) is 0.554. The van der Waals surface area contributed by atoms with Crippen LogP contribution in [-0.4, -0.2) is 23.2 Å². The van der Waals surface area contributed by atoms with Crippen molar-refractivity contribution in [3.63, 3.8) is 0 Å². The highest BCUT2D eigenvalue weighted by molar-refractivity contribution is 6.33. The molecule has 0 radical (unpaired) electrons. The third-order valence-electron chi connectivity index (χ3n) is 3.51. The number of ether oxygens (including phenoxy) is 1. The fourth-order valence-electron chi connectivity index (χ4n) is 2.23. The molecule has 128 valence electrons. The molecule has 1 amide bonds. The standard InChI is InChI=1S/C18H16ClN3O3/c1-24-13-6-4-5-12(11-13)18-21-17(25-22-18)10-9-16(23)20-15-8-3-2-7-14(15)19/h2-8,11H,9-10H2,1H3,(H,20,23). The van der Waals surface area contributed by atoms with Gasteiger partial charge in [0.2, 0.25) is 17.6 Å². The van der Waals surface area contributed by atoms with E-state index in [9.17, 15) is 4.79 Å². The molecule has 0 aliphatic rings. The number of nitrogens with one attached hydrogen (secondary N) is 1. The summed E-state index contributed by atoms with van der Waals surface area (Å²) in [4.78, 5) is 16.3. The molecule has 3 aromatic rings. The Hall–Kier alpha value is -2.86. The number of rotatable bonds is 6. The minimum Gasteiger partial charge on any atom is -0.497 e. The summed E-state index contributed by atoms with van der Waals surface area (Å²) in [5.74, 6) is 1.39. The molecule has 0 spiro atoms. The first-order valence-electron chi connectivity index (χ1n) is 7.67. The van der Waals surface area contributed by atoms with Crippen LogP contribution in [0.4, 0.5) is 5.69 Å². The quantitative estimate of drug-likeness (QED) is 0.722. The van der Waals surface area contributed by atoms with Crippen molar-refractivity contribution in [2.75, 3.05) is 12.4 Å². The maximum atomic E-state index is 12.0. The Morgan fingerprint density at radius 3 is 2.88 bits per heavy atom. The smallest absolute Gasteiger partial charge is 0.227 e. The number of amides is 1. The molecule has 2 aromatic carbocycles. The Kier molecular flexibility index (Phi) is 5.30. The van der Waals surface area contributed by atoms with E-state index in [1.54, 1.807) is 31.4 Å². The molecule has 0 aliphatic carbocycles. The average Bonchev–Trinajstić information content (AvgIpc) is 3.11. The summed E-state index contributed by atoms with van der Waals surface area (Å²) >= 11 is 6.02. The number of methoxy groups -OCH3 is 1. The summed E-state index contributed by atoms with van der Waals surface area (Å²) < 4.78 is 10.4. The van der Waals surface area contributed by atoms with Gasteiger partial charge >= 0.3 is 0 Å². The number of nitrogens with zero attached hydrogens (tertiary/aromatic N) is 2. The molecular weight excluding hydrogens is 342 g/mol.